The Morgan fingerprint density at radius 1 is 1.00 bits per heavy atom. The van der Waals surface area contributed by atoms with E-state index >= 15 is 0 Å². The van der Waals surface area contributed by atoms with Gasteiger partial charge in [-0.1, -0.05) is 51.0 Å². The van der Waals surface area contributed by atoms with Crippen molar-refractivity contribution < 1.29 is 19.5 Å². The van der Waals surface area contributed by atoms with Crippen LogP contribution in [0, 0.1) is 5.82 Å². The number of carboxylic acids is 1. The van der Waals surface area contributed by atoms with Gasteiger partial charge in [0, 0.05) is 11.1 Å². The number of hydrogen-bond acceptors (Lipinski definition) is 3. The number of allylic oxidation sites excluding steroid dienone is 1. The minimum Gasteiger partial charge on any atom is -0.478 e. The molecule has 3 rings (SSSR count). The van der Waals surface area contributed by atoms with Gasteiger partial charge in [0.1, 0.15) is 11.5 Å². The van der Waals surface area contributed by atoms with Crippen LogP contribution in [0.1, 0.15) is 73.1 Å². The molecule has 0 saturated heterocycles. The monoisotopic (exact) mass is 395 g/mol. The van der Waals surface area contributed by atoms with Crippen LogP contribution in [0.2, 0.25) is 0 Å². The summed E-state index contributed by atoms with van der Waals surface area (Å²) in [7, 11) is 0. The molecule has 2 N–H and O–H groups in total. The van der Waals surface area contributed by atoms with Gasteiger partial charge in [0.05, 0.1) is 5.56 Å². The molecule has 0 heterocycles. The molecule has 0 aromatic heterocycles. The zero-order valence-electron chi connectivity index (χ0n) is 17.2. The summed E-state index contributed by atoms with van der Waals surface area (Å²) in [6.45, 7) is 8.92. The number of benzene rings is 2. The summed E-state index contributed by atoms with van der Waals surface area (Å²) < 4.78 is 14.2. The van der Waals surface area contributed by atoms with Gasteiger partial charge in [-0.15, -0.1) is 0 Å². The van der Waals surface area contributed by atoms with Gasteiger partial charge in [0.15, 0.2) is 0 Å². The SMILES string of the molecule is CC1(C)CCC(C)(C)c2cc(C(/C=C/c3ccc(C(=O)O)cc3F)=N/O)ccc21. The van der Waals surface area contributed by atoms with Crippen molar-refractivity contribution >= 4 is 17.8 Å². The van der Waals surface area contributed by atoms with Crippen LogP contribution >= 0.6 is 0 Å². The first-order valence-electron chi connectivity index (χ1n) is 9.63. The number of carbonyl (C=O) groups is 1. The molecule has 5 heteroatoms. The Morgan fingerprint density at radius 3 is 2.21 bits per heavy atom. The fourth-order valence-electron chi connectivity index (χ4n) is 3.90. The molecule has 0 bridgehead atoms. The normalized spacial score (nSPS) is 17.9. The molecular weight excluding hydrogens is 369 g/mol. The summed E-state index contributed by atoms with van der Waals surface area (Å²) in [4.78, 5) is 10.9. The maximum Gasteiger partial charge on any atom is 0.335 e. The van der Waals surface area contributed by atoms with Crippen molar-refractivity contribution in [3.05, 3.63) is 76.1 Å². The number of fused-ring (bicyclic) bond motifs is 1. The number of oxime groups is 1. The molecule has 0 saturated carbocycles. The van der Waals surface area contributed by atoms with E-state index < -0.39 is 11.8 Å². The van der Waals surface area contributed by atoms with Crippen LogP contribution in [0.25, 0.3) is 6.08 Å². The average Bonchev–Trinajstić information content (AvgIpc) is 2.67. The lowest BCUT2D eigenvalue weighted by Crippen LogP contribution is -2.34. The van der Waals surface area contributed by atoms with E-state index in [9.17, 15) is 14.4 Å². The van der Waals surface area contributed by atoms with Crippen LogP contribution in [0.15, 0.2) is 47.6 Å². The Labute approximate surface area is 170 Å². The average molecular weight is 395 g/mol. The third-order valence-corrected chi connectivity index (χ3v) is 5.92. The lowest BCUT2D eigenvalue weighted by Gasteiger charge is -2.42. The van der Waals surface area contributed by atoms with E-state index in [-0.39, 0.29) is 22.0 Å². The molecule has 2 aromatic carbocycles. The third kappa shape index (κ3) is 4.09. The molecule has 0 unspecified atom stereocenters. The summed E-state index contributed by atoms with van der Waals surface area (Å²) in [5.74, 6) is -1.83. The highest BCUT2D eigenvalue weighted by molar-refractivity contribution is 6.10. The Kier molecular flexibility index (Phi) is 5.35. The number of rotatable bonds is 4. The quantitative estimate of drug-likeness (QED) is 0.392. The standard InChI is InChI=1S/C24H26FNO3/c1-23(2)11-12-24(3,4)19-13-16(7-9-18(19)23)21(26-29)10-8-15-5-6-17(22(27)28)14-20(15)25/h5-10,13-14,29H,11-12H2,1-4H3,(H,27,28)/b10-8+,26-21+. The molecule has 0 amide bonds. The summed E-state index contributed by atoms with van der Waals surface area (Å²) in [5, 5.41) is 21.9. The van der Waals surface area contributed by atoms with E-state index in [0.717, 1.165) is 24.5 Å². The third-order valence-electron chi connectivity index (χ3n) is 5.92. The second-order valence-electron chi connectivity index (χ2n) is 8.89. The molecule has 2 aromatic rings. The topological polar surface area (TPSA) is 69.9 Å². The van der Waals surface area contributed by atoms with Crippen LogP contribution in [-0.2, 0) is 10.8 Å². The van der Waals surface area contributed by atoms with Crippen LogP contribution in [0.5, 0.6) is 0 Å². The smallest absolute Gasteiger partial charge is 0.335 e. The molecule has 0 aliphatic heterocycles. The van der Waals surface area contributed by atoms with Crippen LogP contribution in [-0.4, -0.2) is 22.0 Å². The van der Waals surface area contributed by atoms with Gasteiger partial charge in [0.2, 0.25) is 0 Å². The van der Waals surface area contributed by atoms with Gasteiger partial charge >= 0.3 is 5.97 Å². The minimum absolute atomic E-state index is 0.0178. The van der Waals surface area contributed by atoms with E-state index in [2.05, 4.69) is 45.0 Å². The molecule has 0 spiro atoms. The fraction of sp³-hybridized carbons (Fsp3) is 0.333. The van der Waals surface area contributed by atoms with E-state index in [4.69, 9.17) is 5.11 Å². The van der Waals surface area contributed by atoms with Crippen molar-refractivity contribution in [3.8, 4) is 0 Å². The van der Waals surface area contributed by atoms with E-state index in [1.807, 2.05) is 6.07 Å². The molecule has 0 fully saturated rings. The predicted octanol–water partition coefficient (Wildman–Crippen LogP) is 5.76. The molecule has 0 atom stereocenters. The van der Waals surface area contributed by atoms with Crippen molar-refractivity contribution in [2.75, 3.05) is 0 Å². The van der Waals surface area contributed by atoms with E-state index in [1.54, 1.807) is 0 Å². The first-order valence-corrected chi connectivity index (χ1v) is 9.63. The van der Waals surface area contributed by atoms with E-state index in [0.29, 0.717) is 5.71 Å². The van der Waals surface area contributed by atoms with Gasteiger partial charge < -0.3 is 10.3 Å². The number of nitrogens with zero attached hydrogens (tertiary/aromatic N) is 1. The fourth-order valence-corrected chi connectivity index (χ4v) is 3.90. The van der Waals surface area contributed by atoms with Gasteiger partial charge in [-0.2, -0.15) is 0 Å². The lowest BCUT2D eigenvalue weighted by atomic mass is 9.63. The van der Waals surface area contributed by atoms with Gasteiger partial charge in [-0.05, 0) is 65.1 Å². The van der Waals surface area contributed by atoms with Gasteiger partial charge in [-0.3, -0.25) is 0 Å². The van der Waals surface area contributed by atoms with Gasteiger partial charge in [0.25, 0.3) is 0 Å². The van der Waals surface area contributed by atoms with Crippen molar-refractivity contribution in [3.63, 3.8) is 0 Å². The van der Waals surface area contributed by atoms with Crippen molar-refractivity contribution in [1.29, 1.82) is 0 Å². The number of aromatic carboxylic acids is 1. The Morgan fingerprint density at radius 2 is 1.62 bits per heavy atom. The molecule has 152 valence electrons. The highest BCUT2D eigenvalue weighted by atomic mass is 19.1. The second kappa shape index (κ2) is 7.47. The highest BCUT2D eigenvalue weighted by Crippen LogP contribution is 2.45. The zero-order chi connectivity index (χ0) is 21.4. The minimum atomic E-state index is -1.18. The molecular formula is C24H26FNO3. The maximum absolute atomic E-state index is 14.2. The molecule has 29 heavy (non-hydrogen) atoms. The molecule has 4 nitrogen and oxygen atoms in total. The van der Waals surface area contributed by atoms with Crippen LogP contribution < -0.4 is 0 Å². The number of carboxylic acid groups (broad SMARTS) is 1. The van der Waals surface area contributed by atoms with E-state index in [1.165, 1.54) is 35.4 Å². The zero-order valence-corrected chi connectivity index (χ0v) is 17.2. The van der Waals surface area contributed by atoms with Crippen molar-refractivity contribution in [2.24, 2.45) is 5.16 Å². The Hall–Kier alpha value is -2.95. The largest absolute Gasteiger partial charge is 0.478 e. The van der Waals surface area contributed by atoms with Crippen LogP contribution in [0.3, 0.4) is 0 Å². The molecule has 1 aliphatic carbocycles. The summed E-state index contributed by atoms with van der Waals surface area (Å²) in [6, 6.07) is 9.77. The predicted molar refractivity (Wildman–Crippen MR) is 112 cm³/mol. The number of hydrogen-bond donors (Lipinski definition) is 2. The van der Waals surface area contributed by atoms with Crippen molar-refractivity contribution in [1.82, 2.24) is 0 Å². The first kappa shape index (κ1) is 20.8. The molecule has 1 aliphatic rings. The Bertz CT molecular complexity index is 1020. The lowest BCUT2D eigenvalue weighted by molar-refractivity contribution is 0.0696. The van der Waals surface area contributed by atoms with Gasteiger partial charge in [-0.25, -0.2) is 9.18 Å². The maximum atomic E-state index is 14.2. The summed E-state index contributed by atoms with van der Waals surface area (Å²) in [6.07, 6.45) is 5.18. The van der Waals surface area contributed by atoms with Crippen molar-refractivity contribution in [2.45, 2.75) is 51.4 Å². The number of halogens is 1. The summed E-state index contributed by atoms with van der Waals surface area (Å²) in [5.41, 5.74) is 3.80. The second-order valence-corrected chi connectivity index (χ2v) is 8.89. The molecule has 0 radical (unpaired) electrons. The Balaban J connectivity index is 1.96. The van der Waals surface area contributed by atoms with Crippen LogP contribution in [0.4, 0.5) is 4.39 Å². The summed E-state index contributed by atoms with van der Waals surface area (Å²) >= 11 is 0. The first-order chi connectivity index (χ1) is 13.5. The highest BCUT2D eigenvalue weighted by Gasteiger charge is 2.37.